The maximum absolute atomic E-state index is 14.3. The van der Waals surface area contributed by atoms with Gasteiger partial charge >= 0.3 is 0 Å². The fraction of sp³-hybridized carbons (Fsp3) is 0.111. The number of hydrogen-bond acceptors (Lipinski definition) is 4. The van der Waals surface area contributed by atoms with Crippen LogP contribution in [0.1, 0.15) is 0 Å². The van der Waals surface area contributed by atoms with Crippen molar-refractivity contribution in [2.75, 3.05) is 11.9 Å². The van der Waals surface area contributed by atoms with E-state index < -0.39 is 17.8 Å². The molecule has 126 valence electrons. The van der Waals surface area contributed by atoms with Gasteiger partial charge in [-0.1, -0.05) is 12.1 Å². The highest BCUT2D eigenvalue weighted by Crippen LogP contribution is 2.31. The third kappa shape index (κ3) is 3.03. The molecule has 1 aliphatic heterocycles. The molecule has 0 fully saturated rings. The third-order valence-corrected chi connectivity index (χ3v) is 3.85. The van der Waals surface area contributed by atoms with E-state index in [4.69, 9.17) is 9.47 Å². The van der Waals surface area contributed by atoms with Crippen molar-refractivity contribution in [2.45, 2.75) is 6.10 Å². The van der Waals surface area contributed by atoms with Crippen molar-refractivity contribution in [3.05, 3.63) is 60.7 Å². The Balaban J connectivity index is 1.47. The summed E-state index contributed by atoms with van der Waals surface area (Å²) in [5.74, 6) is 0.257. The third-order valence-electron chi connectivity index (χ3n) is 3.85. The smallest absolute Gasteiger partial charge is 0.269 e. The number of ether oxygens (including phenoxy) is 2. The highest BCUT2D eigenvalue weighted by Gasteiger charge is 2.27. The Morgan fingerprint density at radius 3 is 2.84 bits per heavy atom. The predicted molar refractivity (Wildman–Crippen MR) is 89.0 cm³/mol. The van der Waals surface area contributed by atoms with E-state index in [-0.39, 0.29) is 6.61 Å². The summed E-state index contributed by atoms with van der Waals surface area (Å²) in [7, 11) is 0. The van der Waals surface area contributed by atoms with Gasteiger partial charge in [-0.25, -0.2) is 4.39 Å². The van der Waals surface area contributed by atoms with Crippen LogP contribution in [0.3, 0.4) is 0 Å². The van der Waals surface area contributed by atoms with E-state index in [0.29, 0.717) is 28.3 Å². The molecule has 2 N–H and O–H groups in total. The molecule has 0 saturated carbocycles. The molecule has 3 aromatic rings. The van der Waals surface area contributed by atoms with Gasteiger partial charge in [0.15, 0.2) is 11.5 Å². The van der Waals surface area contributed by atoms with Crippen LogP contribution in [0.5, 0.6) is 11.5 Å². The van der Waals surface area contributed by atoms with Crippen molar-refractivity contribution in [1.82, 2.24) is 10.2 Å². The molecule has 4 rings (SSSR count). The molecule has 1 aliphatic rings. The van der Waals surface area contributed by atoms with Crippen molar-refractivity contribution in [2.24, 2.45) is 0 Å². The van der Waals surface area contributed by atoms with Crippen LogP contribution in [0.2, 0.25) is 0 Å². The SMILES string of the molecule is O=C(Nc1ccc(-c2cn[nH]c2)c(F)c1)[C@H]1COc2ccccc2O1. The number of rotatable bonds is 3. The number of halogens is 1. The Morgan fingerprint density at radius 2 is 2.08 bits per heavy atom. The molecule has 6 nitrogen and oxygen atoms in total. The van der Waals surface area contributed by atoms with Crippen LogP contribution < -0.4 is 14.8 Å². The molecule has 0 bridgehead atoms. The second-order valence-electron chi connectivity index (χ2n) is 5.54. The lowest BCUT2D eigenvalue weighted by Gasteiger charge is -2.25. The molecular weight excluding hydrogens is 325 g/mol. The van der Waals surface area contributed by atoms with Gasteiger partial charge in [0.1, 0.15) is 12.4 Å². The number of fused-ring (bicyclic) bond motifs is 1. The zero-order chi connectivity index (χ0) is 17.2. The molecule has 1 amide bonds. The molecule has 1 atom stereocenters. The number of nitrogens with one attached hydrogen (secondary N) is 2. The van der Waals surface area contributed by atoms with Crippen LogP contribution in [0.4, 0.5) is 10.1 Å². The van der Waals surface area contributed by atoms with Gasteiger partial charge in [0, 0.05) is 23.0 Å². The highest BCUT2D eigenvalue weighted by atomic mass is 19.1. The van der Waals surface area contributed by atoms with Crippen molar-refractivity contribution in [1.29, 1.82) is 0 Å². The quantitative estimate of drug-likeness (QED) is 0.769. The first-order valence-corrected chi connectivity index (χ1v) is 7.69. The van der Waals surface area contributed by atoms with Gasteiger partial charge in [0.05, 0.1) is 6.20 Å². The summed E-state index contributed by atoms with van der Waals surface area (Å²) < 4.78 is 25.4. The number of para-hydroxylation sites is 2. The van der Waals surface area contributed by atoms with Crippen LogP contribution in [0.15, 0.2) is 54.9 Å². The van der Waals surface area contributed by atoms with Crippen LogP contribution in [0.25, 0.3) is 11.1 Å². The molecule has 2 aromatic carbocycles. The number of nitrogens with zero attached hydrogens (tertiary/aromatic N) is 1. The molecule has 0 aliphatic carbocycles. The normalized spacial score (nSPS) is 15.6. The van der Waals surface area contributed by atoms with E-state index >= 15 is 0 Å². The summed E-state index contributed by atoms with van der Waals surface area (Å²) in [5, 5.41) is 9.08. The predicted octanol–water partition coefficient (Wildman–Crippen LogP) is 2.99. The van der Waals surface area contributed by atoms with Gasteiger partial charge in [-0.3, -0.25) is 9.89 Å². The first-order chi connectivity index (χ1) is 12.2. The molecule has 1 aromatic heterocycles. The summed E-state index contributed by atoms with van der Waals surface area (Å²) >= 11 is 0. The summed E-state index contributed by atoms with van der Waals surface area (Å²) in [4.78, 5) is 12.3. The van der Waals surface area contributed by atoms with Crippen LogP contribution >= 0.6 is 0 Å². The lowest BCUT2D eigenvalue weighted by molar-refractivity contribution is -0.125. The van der Waals surface area contributed by atoms with Gasteiger partial charge in [-0.15, -0.1) is 0 Å². The minimum atomic E-state index is -0.800. The second-order valence-corrected chi connectivity index (χ2v) is 5.54. The van der Waals surface area contributed by atoms with Crippen molar-refractivity contribution < 1.29 is 18.7 Å². The zero-order valence-electron chi connectivity index (χ0n) is 13.0. The molecular formula is C18H14FN3O3. The van der Waals surface area contributed by atoms with Gasteiger partial charge < -0.3 is 14.8 Å². The van der Waals surface area contributed by atoms with E-state index in [1.807, 2.05) is 6.07 Å². The van der Waals surface area contributed by atoms with Crippen LogP contribution in [-0.2, 0) is 4.79 Å². The topological polar surface area (TPSA) is 76.2 Å². The zero-order valence-corrected chi connectivity index (χ0v) is 13.0. The molecule has 0 unspecified atom stereocenters. The highest BCUT2D eigenvalue weighted by molar-refractivity contribution is 5.95. The first kappa shape index (κ1) is 15.2. The number of aromatic nitrogens is 2. The summed E-state index contributed by atoms with van der Waals surface area (Å²) in [6.07, 6.45) is 2.33. The Hall–Kier alpha value is -3.35. The maximum Gasteiger partial charge on any atom is 0.269 e. The monoisotopic (exact) mass is 339 g/mol. The first-order valence-electron chi connectivity index (χ1n) is 7.69. The number of anilines is 1. The number of amides is 1. The molecule has 0 spiro atoms. The standard InChI is InChI=1S/C18H14FN3O3/c19-14-7-12(5-6-13(14)11-8-20-21-9-11)22-18(23)17-10-24-15-3-1-2-4-16(15)25-17/h1-9,17H,10H2,(H,20,21)(H,22,23)/t17-/m1/s1. The Labute approximate surface area is 142 Å². The molecule has 25 heavy (non-hydrogen) atoms. The minimum absolute atomic E-state index is 0.0957. The fourth-order valence-corrected chi connectivity index (χ4v) is 2.60. The summed E-state index contributed by atoms with van der Waals surface area (Å²) in [6.45, 7) is 0.0957. The van der Waals surface area contributed by atoms with Gasteiger partial charge in [0.2, 0.25) is 6.10 Å². The number of benzene rings is 2. The largest absolute Gasteiger partial charge is 0.485 e. The lowest BCUT2D eigenvalue weighted by atomic mass is 10.1. The van der Waals surface area contributed by atoms with E-state index in [1.165, 1.54) is 12.3 Å². The molecule has 7 heteroatoms. The Bertz CT molecular complexity index is 912. The summed E-state index contributed by atoms with van der Waals surface area (Å²) in [5.41, 5.74) is 1.38. The Kier molecular flexibility index (Phi) is 3.81. The molecule has 2 heterocycles. The number of hydrogen-bond donors (Lipinski definition) is 2. The van der Waals surface area contributed by atoms with Crippen molar-refractivity contribution >= 4 is 11.6 Å². The maximum atomic E-state index is 14.3. The lowest BCUT2D eigenvalue weighted by Crippen LogP contribution is -2.40. The number of H-pyrrole nitrogens is 1. The van der Waals surface area contributed by atoms with Crippen molar-refractivity contribution in [3.8, 4) is 22.6 Å². The number of carbonyl (C=O) groups excluding carboxylic acids is 1. The fourth-order valence-electron chi connectivity index (χ4n) is 2.60. The van der Waals surface area contributed by atoms with Crippen LogP contribution in [-0.4, -0.2) is 28.8 Å². The Morgan fingerprint density at radius 1 is 1.24 bits per heavy atom. The number of aromatic amines is 1. The number of carbonyl (C=O) groups is 1. The minimum Gasteiger partial charge on any atom is -0.485 e. The summed E-state index contributed by atoms with van der Waals surface area (Å²) in [6, 6.07) is 11.6. The average molecular weight is 339 g/mol. The average Bonchev–Trinajstić information content (AvgIpc) is 3.15. The van der Waals surface area contributed by atoms with E-state index in [1.54, 1.807) is 36.5 Å². The van der Waals surface area contributed by atoms with E-state index in [9.17, 15) is 9.18 Å². The van der Waals surface area contributed by atoms with Crippen molar-refractivity contribution in [3.63, 3.8) is 0 Å². The van der Waals surface area contributed by atoms with E-state index in [2.05, 4.69) is 15.5 Å². The second kappa shape index (κ2) is 6.27. The van der Waals surface area contributed by atoms with Crippen LogP contribution in [0, 0.1) is 5.82 Å². The van der Waals surface area contributed by atoms with Gasteiger partial charge in [0.25, 0.3) is 5.91 Å². The molecule has 0 radical (unpaired) electrons. The molecule has 0 saturated heterocycles. The van der Waals surface area contributed by atoms with Gasteiger partial charge in [-0.2, -0.15) is 5.10 Å². The van der Waals surface area contributed by atoms with Gasteiger partial charge in [-0.05, 0) is 30.3 Å². The van der Waals surface area contributed by atoms with E-state index in [0.717, 1.165) is 0 Å².